The molecule has 2 aliphatic heterocycles. The molecule has 3 heteroatoms. The molecule has 0 spiro atoms. The van der Waals surface area contributed by atoms with Gasteiger partial charge in [0.1, 0.15) is 11.2 Å². The van der Waals surface area contributed by atoms with Gasteiger partial charge in [-0.15, -0.1) is 0 Å². The number of nitrogens with one attached hydrogen (secondary N) is 2. The average molecular weight is 797 g/mol. The van der Waals surface area contributed by atoms with Crippen LogP contribution in [0, 0.1) is 0 Å². The molecule has 9 aromatic rings. The summed E-state index contributed by atoms with van der Waals surface area (Å²) < 4.78 is 6.45. The van der Waals surface area contributed by atoms with Crippen LogP contribution in [0.15, 0.2) is 235 Å². The second kappa shape index (κ2) is 15.6. The van der Waals surface area contributed by atoms with Crippen molar-refractivity contribution in [2.75, 3.05) is 0 Å². The third-order valence-corrected chi connectivity index (χ3v) is 12.3. The summed E-state index contributed by atoms with van der Waals surface area (Å²) in [6.07, 6.45) is 9.23. The lowest BCUT2D eigenvalue weighted by atomic mass is 9.83. The smallest absolute Gasteiger partial charge is 0.135 e. The van der Waals surface area contributed by atoms with E-state index >= 15 is 0 Å². The minimum Gasteiger partial charge on any atom is -0.456 e. The van der Waals surface area contributed by atoms with Gasteiger partial charge >= 0.3 is 0 Å². The summed E-state index contributed by atoms with van der Waals surface area (Å²) in [6.45, 7) is 2.27. The molecule has 11 rings (SSSR count). The minimum atomic E-state index is -0.456. The van der Waals surface area contributed by atoms with Crippen molar-refractivity contribution in [2.24, 2.45) is 0 Å². The van der Waals surface area contributed by atoms with E-state index in [1.54, 1.807) is 0 Å². The van der Waals surface area contributed by atoms with Crippen LogP contribution in [0.2, 0.25) is 0 Å². The maximum atomic E-state index is 6.45. The first-order valence-electron chi connectivity index (χ1n) is 21.4. The number of dihydropyridines is 2. The molecule has 296 valence electrons. The van der Waals surface area contributed by atoms with Gasteiger partial charge in [-0.25, -0.2) is 0 Å². The Morgan fingerprint density at radius 2 is 0.919 bits per heavy atom. The van der Waals surface area contributed by atoms with E-state index in [1.807, 2.05) is 0 Å². The van der Waals surface area contributed by atoms with Crippen LogP contribution in [0.5, 0.6) is 0 Å². The molecule has 0 amide bonds. The van der Waals surface area contributed by atoms with E-state index in [1.165, 1.54) is 33.4 Å². The number of allylic oxidation sites excluding steroid dienone is 4. The Morgan fingerprint density at radius 1 is 0.419 bits per heavy atom. The zero-order valence-corrected chi connectivity index (χ0v) is 34.4. The van der Waals surface area contributed by atoms with E-state index in [0.29, 0.717) is 0 Å². The molecular formula is C59H44N2O. The van der Waals surface area contributed by atoms with E-state index in [2.05, 4.69) is 248 Å². The lowest BCUT2D eigenvalue weighted by molar-refractivity contribution is 0.538. The fourth-order valence-electron chi connectivity index (χ4n) is 9.06. The fraction of sp³-hybridized carbons (Fsp3) is 0.0508. The average Bonchev–Trinajstić information content (AvgIpc) is 3.72. The first-order chi connectivity index (χ1) is 30.5. The SMILES string of the molecule is C[C@]1(c2cccc(-c3ccc4oc5ccc(-c6cccc(C7=CC(c8ccccc8)=CC(c8ccccc8)N7)c6)cc5c4c3)c2)C=C(c2ccccc2)C=C(c2ccccc2)N1. The van der Waals surface area contributed by atoms with Crippen LogP contribution in [-0.4, -0.2) is 0 Å². The molecular weight excluding hydrogens is 753 g/mol. The van der Waals surface area contributed by atoms with E-state index in [4.69, 9.17) is 4.42 Å². The van der Waals surface area contributed by atoms with Crippen LogP contribution in [-0.2, 0) is 5.54 Å². The molecule has 0 bridgehead atoms. The van der Waals surface area contributed by atoms with Gasteiger partial charge in [0.25, 0.3) is 0 Å². The van der Waals surface area contributed by atoms with Crippen molar-refractivity contribution in [1.82, 2.24) is 10.6 Å². The maximum absolute atomic E-state index is 6.45. The molecule has 62 heavy (non-hydrogen) atoms. The van der Waals surface area contributed by atoms with Gasteiger partial charge in [-0.1, -0.05) is 170 Å². The lowest BCUT2D eigenvalue weighted by Crippen LogP contribution is -2.38. The molecule has 0 fully saturated rings. The highest BCUT2D eigenvalue weighted by atomic mass is 16.3. The highest BCUT2D eigenvalue weighted by Crippen LogP contribution is 2.40. The number of hydrogen-bond acceptors (Lipinski definition) is 3. The van der Waals surface area contributed by atoms with Gasteiger partial charge in [0.05, 0.1) is 11.6 Å². The minimum absolute atomic E-state index is 0.0483. The quantitative estimate of drug-likeness (QED) is 0.161. The van der Waals surface area contributed by atoms with Crippen molar-refractivity contribution in [2.45, 2.75) is 18.5 Å². The van der Waals surface area contributed by atoms with E-state index in [9.17, 15) is 0 Å². The van der Waals surface area contributed by atoms with Crippen LogP contribution < -0.4 is 10.6 Å². The third kappa shape index (κ3) is 7.14. The van der Waals surface area contributed by atoms with Crippen molar-refractivity contribution in [1.29, 1.82) is 0 Å². The Bertz CT molecular complexity index is 3230. The van der Waals surface area contributed by atoms with Gasteiger partial charge in [0.2, 0.25) is 0 Å². The predicted octanol–water partition coefficient (Wildman–Crippen LogP) is 14.6. The Hall–Kier alpha value is -7.88. The second-order valence-corrected chi connectivity index (χ2v) is 16.5. The van der Waals surface area contributed by atoms with Crippen molar-refractivity contribution < 1.29 is 4.42 Å². The standard InChI is InChI=1S/C59H44N2O/c1-59(39-50(41-18-8-3-9-19-41)38-56(61-59)43-22-12-5-13-23-43)51-27-15-25-45(33-51)47-29-31-58-53(35-47)52-34-46(28-30-57(52)62-58)44-24-14-26-48(32-44)55-37-49(40-16-6-2-7-17-40)36-54(60-55)42-20-10-4-11-21-42/h2-39,54,60-61H,1H3/t54?,59-/m1/s1. The second-order valence-electron chi connectivity index (χ2n) is 16.5. The zero-order chi connectivity index (χ0) is 41.5. The normalized spacial score (nSPS) is 17.3. The number of benzene rings is 8. The summed E-state index contributed by atoms with van der Waals surface area (Å²) >= 11 is 0. The maximum Gasteiger partial charge on any atom is 0.135 e. The number of rotatable bonds is 8. The van der Waals surface area contributed by atoms with Crippen molar-refractivity contribution in [3.05, 3.63) is 264 Å². The lowest BCUT2D eigenvalue weighted by Gasteiger charge is -2.35. The summed E-state index contributed by atoms with van der Waals surface area (Å²) in [5.74, 6) is 0. The van der Waals surface area contributed by atoms with Crippen LogP contribution >= 0.6 is 0 Å². The topological polar surface area (TPSA) is 37.2 Å². The van der Waals surface area contributed by atoms with Crippen LogP contribution in [0.25, 0.3) is 66.7 Å². The third-order valence-electron chi connectivity index (χ3n) is 12.3. The van der Waals surface area contributed by atoms with E-state index in [0.717, 1.165) is 66.7 Å². The summed E-state index contributed by atoms with van der Waals surface area (Å²) in [7, 11) is 0. The van der Waals surface area contributed by atoms with Crippen LogP contribution in [0.4, 0.5) is 0 Å². The molecule has 8 aromatic carbocycles. The molecule has 1 aromatic heterocycles. The Kier molecular flexibility index (Phi) is 9.36. The van der Waals surface area contributed by atoms with Gasteiger partial charge < -0.3 is 15.1 Å². The van der Waals surface area contributed by atoms with E-state index in [-0.39, 0.29) is 6.04 Å². The van der Waals surface area contributed by atoms with Gasteiger partial charge in [0, 0.05) is 22.2 Å². The highest BCUT2D eigenvalue weighted by Gasteiger charge is 2.30. The van der Waals surface area contributed by atoms with Crippen LogP contribution in [0.3, 0.4) is 0 Å². The molecule has 3 heterocycles. The molecule has 2 aliphatic rings. The van der Waals surface area contributed by atoms with Gasteiger partial charge in [-0.3, -0.25) is 0 Å². The number of hydrogen-bond donors (Lipinski definition) is 2. The van der Waals surface area contributed by atoms with Gasteiger partial charge in [-0.05, 0) is 134 Å². The summed E-state index contributed by atoms with van der Waals surface area (Å²) in [6, 6.07) is 73.6. The molecule has 2 N–H and O–H groups in total. The Morgan fingerprint density at radius 3 is 1.56 bits per heavy atom. The molecule has 1 unspecified atom stereocenters. The first kappa shape index (κ1) is 37.1. The molecule has 3 nitrogen and oxygen atoms in total. The summed E-state index contributed by atoms with van der Waals surface area (Å²) in [5, 5.41) is 9.96. The largest absolute Gasteiger partial charge is 0.456 e. The monoisotopic (exact) mass is 796 g/mol. The van der Waals surface area contributed by atoms with Crippen molar-refractivity contribution in [3.8, 4) is 22.3 Å². The van der Waals surface area contributed by atoms with Crippen LogP contribution in [0.1, 0.15) is 46.3 Å². The summed E-state index contributed by atoms with van der Waals surface area (Å²) in [4.78, 5) is 0. The predicted molar refractivity (Wildman–Crippen MR) is 259 cm³/mol. The molecule has 2 atom stereocenters. The molecule has 0 radical (unpaired) electrons. The van der Waals surface area contributed by atoms with Gasteiger partial charge in [-0.2, -0.15) is 0 Å². The fourth-order valence-corrected chi connectivity index (χ4v) is 9.06. The molecule has 0 saturated heterocycles. The number of furan rings is 1. The Balaban J connectivity index is 0.935. The van der Waals surface area contributed by atoms with Crippen molar-refractivity contribution in [3.63, 3.8) is 0 Å². The molecule has 0 saturated carbocycles. The van der Waals surface area contributed by atoms with E-state index < -0.39 is 5.54 Å². The molecule has 0 aliphatic carbocycles. The van der Waals surface area contributed by atoms with Gasteiger partial charge in [0.15, 0.2) is 0 Å². The van der Waals surface area contributed by atoms with Crippen molar-refractivity contribution >= 4 is 44.5 Å². The Labute approximate surface area is 362 Å². The summed E-state index contributed by atoms with van der Waals surface area (Å²) in [5.41, 5.74) is 17.6. The number of fused-ring (bicyclic) bond motifs is 3. The first-order valence-corrected chi connectivity index (χ1v) is 21.4. The zero-order valence-electron chi connectivity index (χ0n) is 34.4. The highest BCUT2D eigenvalue weighted by molar-refractivity contribution is 6.07.